The van der Waals surface area contributed by atoms with Crippen LogP contribution in [-0.4, -0.2) is 23.1 Å². The van der Waals surface area contributed by atoms with Crippen LogP contribution in [0.5, 0.6) is 0 Å². The smallest absolute Gasteiger partial charge is 0.226 e. The fourth-order valence-corrected chi connectivity index (χ4v) is 2.93. The van der Waals surface area contributed by atoms with E-state index in [4.69, 9.17) is 0 Å². The van der Waals surface area contributed by atoms with E-state index < -0.39 is 0 Å². The van der Waals surface area contributed by atoms with Crippen LogP contribution in [-0.2, 0) is 0 Å². The number of rotatable bonds is 6. The molecular formula is C14H20N4S. The van der Waals surface area contributed by atoms with E-state index in [2.05, 4.69) is 40.5 Å². The molecule has 2 aromatic rings. The molecule has 2 aromatic heterocycles. The molecule has 102 valence electrons. The minimum Gasteiger partial charge on any atom is -0.369 e. The van der Waals surface area contributed by atoms with Gasteiger partial charge in [-0.15, -0.1) is 11.3 Å². The van der Waals surface area contributed by atoms with Crippen LogP contribution in [0.15, 0.2) is 6.07 Å². The maximum absolute atomic E-state index is 4.62. The van der Waals surface area contributed by atoms with E-state index in [0.29, 0.717) is 0 Å². The maximum Gasteiger partial charge on any atom is 0.226 e. The number of aromatic nitrogens is 2. The minimum atomic E-state index is 0.745. The number of nitrogens with zero attached hydrogens (tertiary/aromatic N) is 2. The van der Waals surface area contributed by atoms with Crippen molar-refractivity contribution in [3.63, 3.8) is 0 Å². The van der Waals surface area contributed by atoms with Gasteiger partial charge in [0, 0.05) is 18.0 Å². The van der Waals surface area contributed by atoms with E-state index >= 15 is 0 Å². The molecule has 0 amide bonds. The second-order valence-electron chi connectivity index (χ2n) is 5.22. The molecule has 0 saturated heterocycles. The van der Waals surface area contributed by atoms with Gasteiger partial charge in [-0.25, -0.2) is 4.98 Å². The Morgan fingerprint density at radius 2 is 2.16 bits per heavy atom. The number of anilines is 2. The number of hydrogen-bond donors (Lipinski definition) is 2. The molecular weight excluding hydrogens is 256 g/mol. The largest absolute Gasteiger partial charge is 0.369 e. The van der Waals surface area contributed by atoms with Gasteiger partial charge in [-0.2, -0.15) is 4.98 Å². The van der Waals surface area contributed by atoms with Crippen molar-refractivity contribution >= 4 is 33.3 Å². The summed E-state index contributed by atoms with van der Waals surface area (Å²) >= 11 is 1.73. The van der Waals surface area contributed by atoms with Crippen LogP contribution in [0.3, 0.4) is 0 Å². The van der Waals surface area contributed by atoms with Crippen molar-refractivity contribution in [2.45, 2.75) is 33.1 Å². The van der Waals surface area contributed by atoms with Crippen LogP contribution in [0.2, 0.25) is 0 Å². The van der Waals surface area contributed by atoms with Gasteiger partial charge in [0.15, 0.2) is 0 Å². The molecule has 1 aliphatic carbocycles. The molecule has 0 bridgehead atoms. The molecule has 0 aliphatic heterocycles. The topological polar surface area (TPSA) is 49.8 Å². The summed E-state index contributed by atoms with van der Waals surface area (Å²) in [5.74, 6) is 2.58. The monoisotopic (exact) mass is 276 g/mol. The summed E-state index contributed by atoms with van der Waals surface area (Å²) in [5.41, 5.74) is 0. The highest BCUT2D eigenvalue weighted by Crippen LogP contribution is 2.32. The fraction of sp³-hybridized carbons (Fsp3) is 0.571. The van der Waals surface area contributed by atoms with Gasteiger partial charge in [0.2, 0.25) is 5.95 Å². The van der Waals surface area contributed by atoms with Gasteiger partial charge in [-0.3, -0.25) is 0 Å². The predicted octanol–water partition coefficient (Wildman–Crippen LogP) is 3.64. The van der Waals surface area contributed by atoms with E-state index in [9.17, 15) is 0 Å². The number of aryl methyl sites for hydroxylation is 1. The Hall–Kier alpha value is -1.36. The molecule has 3 rings (SSSR count). The minimum absolute atomic E-state index is 0.745. The van der Waals surface area contributed by atoms with Crippen molar-refractivity contribution in [1.82, 2.24) is 9.97 Å². The van der Waals surface area contributed by atoms with E-state index in [-0.39, 0.29) is 0 Å². The quantitative estimate of drug-likeness (QED) is 0.845. The van der Waals surface area contributed by atoms with Crippen LogP contribution in [0, 0.1) is 12.8 Å². The molecule has 2 N–H and O–H groups in total. The molecule has 0 unspecified atom stereocenters. The zero-order valence-corrected chi connectivity index (χ0v) is 12.3. The van der Waals surface area contributed by atoms with Crippen LogP contribution >= 0.6 is 11.3 Å². The lowest BCUT2D eigenvalue weighted by Gasteiger charge is -2.09. The molecule has 0 radical (unpaired) electrons. The second kappa shape index (κ2) is 5.33. The zero-order chi connectivity index (χ0) is 13.2. The highest BCUT2D eigenvalue weighted by atomic mass is 32.1. The van der Waals surface area contributed by atoms with E-state index in [1.807, 2.05) is 0 Å². The Morgan fingerprint density at radius 1 is 1.32 bits per heavy atom. The molecule has 4 nitrogen and oxygen atoms in total. The third-order valence-electron chi connectivity index (χ3n) is 3.30. The lowest BCUT2D eigenvalue weighted by Crippen LogP contribution is -2.09. The highest BCUT2D eigenvalue weighted by molar-refractivity contribution is 7.18. The van der Waals surface area contributed by atoms with Gasteiger partial charge in [-0.1, -0.05) is 6.92 Å². The number of hydrogen-bond acceptors (Lipinski definition) is 5. The first-order valence-corrected chi connectivity index (χ1v) is 7.84. The lowest BCUT2D eigenvalue weighted by atomic mass is 10.3. The van der Waals surface area contributed by atoms with Crippen molar-refractivity contribution in [3.05, 3.63) is 10.9 Å². The summed E-state index contributed by atoms with van der Waals surface area (Å²) in [6, 6.07) is 2.18. The van der Waals surface area contributed by atoms with E-state index in [1.165, 1.54) is 17.7 Å². The molecule has 5 heteroatoms. The Morgan fingerprint density at radius 3 is 2.89 bits per heavy atom. The molecule has 2 heterocycles. The molecule has 19 heavy (non-hydrogen) atoms. The van der Waals surface area contributed by atoms with E-state index in [1.54, 1.807) is 11.3 Å². The first-order valence-electron chi connectivity index (χ1n) is 7.02. The Kier molecular flexibility index (Phi) is 3.55. The molecule has 1 saturated carbocycles. The number of fused-ring (bicyclic) bond motifs is 1. The summed E-state index contributed by atoms with van der Waals surface area (Å²) in [7, 11) is 0. The Bertz CT molecular complexity index is 574. The summed E-state index contributed by atoms with van der Waals surface area (Å²) in [4.78, 5) is 11.6. The number of nitrogens with one attached hydrogen (secondary N) is 2. The summed E-state index contributed by atoms with van der Waals surface area (Å²) in [5, 5.41) is 7.94. The van der Waals surface area contributed by atoms with Gasteiger partial charge in [-0.05, 0) is 38.2 Å². The third kappa shape index (κ3) is 2.97. The average Bonchev–Trinajstić information content (AvgIpc) is 3.14. The second-order valence-corrected chi connectivity index (χ2v) is 6.46. The van der Waals surface area contributed by atoms with Crippen molar-refractivity contribution < 1.29 is 0 Å². The van der Waals surface area contributed by atoms with Crippen LogP contribution in [0.1, 0.15) is 31.1 Å². The first kappa shape index (κ1) is 12.7. The van der Waals surface area contributed by atoms with Gasteiger partial charge in [0.05, 0.1) is 5.39 Å². The highest BCUT2D eigenvalue weighted by Gasteiger charge is 2.21. The summed E-state index contributed by atoms with van der Waals surface area (Å²) in [6.45, 7) is 6.22. The molecule has 0 atom stereocenters. The van der Waals surface area contributed by atoms with Gasteiger partial charge in [0.1, 0.15) is 10.6 Å². The fourth-order valence-electron chi connectivity index (χ4n) is 2.06. The first-order chi connectivity index (χ1) is 9.26. The SMILES string of the molecule is CCCNc1nc(NCC2CC2)c2cc(C)sc2n1. The van der Waals surface area contributed by atoms with Gasteiger partial charge in [0.25, 0.3) is 0 Å². The Labute approximate surface area is 117 Å². The van der Waals surface area contributed by atoms with Crippen molar-refractivity contribution in [2.75, 3.05) is 23.7 Å². The Balaban J connectivity index is 1.89. The number of thiophene rings is 1. The standard InChI is InChI=1S/C14H20N4S/c1-3-6-15-14-17-12(16-8-10-4-5-10)11-7-9(2)19-13(11)18-14/h7,10H,3-6,8H2,1-2H3,(H2,15,16,17,18). The molecule has 0 spiro atoms. The zero-order valence-electron chi connectivity index (χ0n) is 11.5. The van der Waals surface area contributed by atoms with Crippen LogP contribution < -0.4 is 10.6 Å². The van der Waals surface area contributed by atoms with Gasteiger partial charge >= 0.3 is 0 Å². The summed E-state index contributed by atoms with van der Waals surface area (Å²) < 4.78 is 0. The third-order valence-corrected chi connectivity index (χ3v) is 4.25. The average molecular weight is 276 g/mol. The molecule has 1 fully saturated rings. The lowest BCUT2D eigenvalue weighted by molar-refractivity contribution is 0.882. The van der Waals surface area contributed by atoms with Crippen molar-refractivity contribution in [3.8, 4) is 0 Å². The maximum atomic E-state index is 4.62. The van der Waals surface area contributed by atoms with Crippen molar-refractivity contribution in [2.24, 2.45) is 5.92 Å². The van der Waals surface area contributed by atoms with Crippen LogP contribution in [0.4, 0.5) is 11.8 Å². The molecule has 1 aliphatic rings. The normalized spacial score (nSPS) is 14.8. The van der Waals surface area contributed by atoms with Crippen molar-refractivity contribution in [1.29, 1.82) is 0 Å². The molecule has 0 aromatic carbocycles. The van der Waals surface area contributed by atoms with Crippen LogP contribution in [0.25, 0.3) is 10.2 Å². The predicted molar refractivity (Wildman–Crippen MR) is 82.1 cm³/mol. The van der Waals surface area contributed by atoms with Gasteiger partial charge < -0.3 is 10.6 Å². The van der Waals surface area contributed by atoms with E-state index in [0.717, 1.165) is 47.4 Å². The summed E-state index contributed by atoms with van der Waals surface area (Å²) in [6.07, 6.45) is 3.78.